The Balaban J connectivity index is 0.000000461. The smallest absolute Gasteiger partial charge is 0.259 e. The minimum Gasteiger partial charge on any atom is -0.318 e. The predicted molar refractivity (Wildman–Crippen MR) is 58.3 cm³/mol. The van der Waals surface area contributed by atoms with Crippen molar-refractivity contribution < 1.29 is 0 Å². The van der Waals surface area contributed by atoms with Gasteiger partial charge in [0.15, 0.2) is 0 Å². The van der Waals surface area contributed by atoms with Crippen molar-refractivity contribution in [3.05, 3.63) is 41.1 Å². The molecule has 0 saturated heterocycles. The van der Waals surface area contributed by atoms with Gasteiger partial charge in [0.2, 0.25) is 0 Å². The molecular weight excluding hydrogens is 176 g/mol. The van der Waals surface area contributed by atoms with Crippen LogP contribution in [-0.2, 0) is 7.05 Å². The molecule has 3 nitrogen and oxygen atoms in total. The Morgan fingerprint density at radius 2 is 2.00 bits per heavy atom. The second-order valence-electron chi connectivity index (χ2n) is 2.69. The summed E-state index contributed by atoms with van der Waals surface area (Å²) in [5.41, 5.74) is 0.000556. The zero-order valence-electron chi connectivity index (χ0n) is 8.69. The molecule has 0 bridgehead atoms. The van der Waals surface area contributed by atoms with Crippen molar-refractivity contribution in [1.29, 1.82) is 0 Å². The third kappa shape index (κ3) is 1.82. The van der Waals surface area contributed by atoms with Gasteiger partial charge in [0.05, 0.1) is 5.39 Å². The quantitative estimate of drug-likeness (QED) is 0.636. The molecule has 0 fully saturated rings. The average Bonchev–Trinajstić information content (AvgIpc) is 2.27. The van der Waals surface area contributed by atoms with Crippen LogP contribution >= 0.6 is 0 Å². The zero-order chi connectivity index (χ0) is 10.6. The maximum atomic E-state index is 11.5. The number of pyridine rings is 2. The van der Waals surface area contributed by atoms with E-state index in [1.54, 1.807) is 30.2 Å². The van der Waals surface area contributed by atoms with Gasteiger partial charge in [0, 0.05) is 25.6 Å². The van der Waals surface area contributed by atoms with Gasteiger partial charge in [-0.15, -0.1) is 0 Å². The normalized spacial score (nSPS) is 9.36. The average molecular weight is 190 g/mol. The molecule has 0 radical (unpaired) electrons. The van der Waals surface area contributed by atoms with E-state index >= 15 is 0 Å². The van der Waals surface area contributed by atoms with E-state index in [4.69, 9.17) is 0 Å². The van der Waals surface area contributed by atoms with E-state index in [1.165, 1.54) is 0 Å². The fourth-order valence-electron chi connectivity index (χ4n) is 1.18. The lowest BCUT2D eigenvalue weighted by molar-refractivity contribution is 0.872. The highest BCUT2D eigenvalue weighted by Gasteiger charge is 1.97. The van der Waals surface area contributed by atoms with E-state index in [0.717, 1.165) is 5.39 Å². The Labute approximate surface area is 83.0 Å². The zero-order valence-corrected chi connectivity index (χ0v) is 8.69. The molecule has 2 aromatic heterocycles. The third-order valence-corrected chi connectivity index (χ3v) is 1.88. The van der Waals surface area contributed by atoms with Gasteiger partial charge < -0.3 is 4.57 Å². The number of aryl methyl sites for hydroxylation is 1. The molecule has 0 aliphatic rings. The lowest BCUT2D eigenvalue weighted by Gasteiger charge is -1.98. The van der Waals surface area contributed by atoms with Crippen LogP contribution in [0.25, 0.3) is 10.8 Å². The van der Waals surface area contributed by atoms with Crippen molar-refractivity contribution in [2.75, 3.05) is 0 Å². The lowest BCUT2D eigenvalue weighted by atomic mass is 10.2. The van der Waals surface area contributed by atoms with Crippen LogP contribution in [0.1, 0.15) is 13.8 Å². The molecule has 0 aliphatic carbocycles. The molecule has 74 valence electrons. The van der Waals surface area contributed by atoms with Crippen molar-refractivity contribution in [2.45, 2.75) is 13.8 Å². The molecule has 0 N–H and O–H groups in total. The molecule has 2 aromatic rings. The summed E-state index contributed by atoms with van der Waals surface area (Å²) in [6.07, 6.45) is 5.03. The first-order chi connectivity index (χ1) is 6.79. The first-order valence-corrected chi connectivity index (χ1v) is 4.68. The fraction of sp³-hybridized carbons (Fsp3) is 0.273. The molecule has 0 aliphatic heterocycles. The summed E-state index contributed by atoms with van der Waals surface area (Å²) in [4.78, 5) is 15.4. The minimum absolute atomic E-state index is 0.000556. The van der Waals surface area contributed by atoms with Crippen molar-refractivity contribution in [3.63, 3.8) is 0 Å². The maximum Gasteiger partial charge on any atom is 0.259 e. The third-order valence-electron chi connectivity index (χ3n) is 1.88. The summed E-state index contributed by atoms with van der Waals surface area (Å²) in [6.45, 7) is 4.00. The topological polar surface area (TPSA) is 34.9 Å². The van der Waals surface area contributed by atoms with Gasteiger partial charge >= 0.3 is 0 Å². The summed E-state index contributed by atoms with van der Waals surface area (Å²) in [6, 6.07) is 3.73. The number of nitrogens with zero attached hydrogens (tertiary/aromatic N) is 2. The van der Waals surface area contributed by atoms with Gasteiger partial charge in [-0.3, -0.25) is 9.78 Å². The molecular formula is C11H14N2O. The van der Waals surface area contributed by atoms with Crippen LogP contribution in [0.2, 0.25) is 0 Å². The molecule has 14 heavy (non-hydrogen) atoms. The highest BCUT2D eigenvalue weighted by molar-refractivity contribution is 5.79. The summed E-state index contributed by atoms with van der Waals surface area (Å²) in [7, 11) is 1.73. The van der Waals surface area contributed by atoms with Crippen molar-refractivity contribution in [3.8, 4) is 0 Å². The minimum atomic E-state index is 0.000556. The van der Waals surface area contributed by atoms with Crippen LogP contribution in [0, 0.1) is 0 Å². The standard InChI is InChI=1S/C9H8N2O.C2H6/c1-11-5-3-7-2-4-10-6-8(7)9(11)12;1-2/h2-6H,1H3;1-2H3. The van der Waals surface area contributed by atoms with E-state index in [-0.39, 0.29) is 5.56 Å². The number of fused-ring (bicyclic) bond motifs is 1. The first kappa shape index (κ1) is 10.4. The fourth-order valence-corrected chi connectivity index (χ4v) is 1.18. The van der Waals surface area contributed by atoms with Crippen LogP contribution < -0.4 is 5.56 Å². The molecule has 0 atom stereocenters. The largest absolute Gasteiger partial charge is 0.318 e. The summed E-state index contributed by atoms with van der Waals surface area (Å²) in [5.74, 6) is 0. The SMILES string of the molecule is CC.Cn1ccc2ccncc2c1=O. The molecule has 0 saturated carbocycles. The molecule has 0 spiro atoms. The predicted octanol–water partition coefficient (Wildman–Crippen LogP) is 1.96. The van der Waals surface area contributed by atoms with Crippen LogP contribution in [0.15, 0.2) is 35.5 Å². The molecule has 3 heteroatoms. The summed E-state index contributed by atoms with van der Waals surface area (Å²) >= 11 is 0. The van der Waals surface area contributed by atoms with Crippen LogP contribution in [0.4, 0.5) is 0 Å². The van der Waals surface area contributed by atoms with Crippen LogP contribution in [0.5, 0.6) is 0 Å². The van der Waals surface area contributed by atoms with E-state index in [9.17, 15) is 4.79 Å². The van der Waals surface area contributed by atoms with Gasteiger partial charge in [0.25, 0.3) is 5.56 Å². The van der Waals surface area contributed by atoms with E-state index in [0.29, 0.717) is 5.39 Å². The van der Waals surface area contributed by atoms with Crippen molar-refractivity contribution in [2.24, 2.45) is 7.05 Å². The molecule has 0 amide bonds. The second-order valence-corrected chi connectivity index (χ2v) is 2.69. The molecule has 0 aromatic carbocycles. The van der Waals surface area contributed by atoms with E-state index in [2.05, 4.69) is 4.98 Å². The summed E-state index contributed by atoms with van der Waals surface area (Å²) in [5, 5.41) is 1.61. The van der Waals surface area contributed by atoms with Crippen molar-refractivity contribution >= 4 is 10.8 Å². The lowest BCUT2D eigenvalue weighted by Crippen LogP contribution is -2.15. The van der Waals surface area contributed by atoms with Gasteiger partial charge in [-0.1, -0.05) is 13.8 Å². The van der Waals surface area contributed by atoms with E-state index in [1.807, 2.05) is 26.0 Å². The molecule has 0 unspecified atom stereocenters. The number of rotatable bonds is 0. The Morgan fingerprint density at radius 3 is 2.71 bits per heavy atom. The van der Waals surface area contributed by atoms with Gasteiger partial charge in [-0.05, 0) is 17.5 Å². The molecule has 2 heterocycles. The van der Waals surface area contributed by atoms with Gasteiger partial charge in [-0.2, -0.15) is 0 Å². The van der Waals surface area contributed by atoms with E-state index < -0.39 is 0 Å². The number of hydrogen-bond donors (Lipinski definition) is 0. The maximum absolute atomic E-state index is 11.5. The number of aromatic nitrogens is 2. The van der Waals surface area contributed by atoms with Crippen LogP contribution in [0.3, 0.4) is 0 Å². The Hall–Kier alpha value is -1.64. The molecule has 2 rings (SSSR count). The van der Waals surface area contributed by atoms with Gasteiger partial charge in [-0.25, -0.2) is 0 Å². The van der Waals surface area contributed by atoms with Gasteiger partial charge in [0.1, 0.15) is 0 Å². The Kier molecular flexibility index (Phi) is 3.40. The monoisotopic (exact) mass is 190 g/mol. The summed E-state index contributed by atoms with van der Waals surface area (Å²) < 4.78 is 1.55. The highest BCUT2D eigenvalue weighted by atomic mass is 16.1. The second kappa shape index (κ2) is 4.56. The Morgan fingerprint density at radius 1 is 1.29 bits per heavy atom. The first-order valence-electron chi connectivity index (χ1n) is 4.68. The number of hydrogen-bond acceptors (Lipinski definition) is 2. The van der Waals surface area contributed by atoms with Crippen molar-refractivity contribution in [1.82, 2.24) is 9.55 Å². The Bertz CT molecular complexity index is 474. The van der Waals surface area contributed by atoms with Crippen LogP contribution in [-0.4, -0.2) is 9.55 Å². The highest BCUT2D eigenvalue weighted by Crippen LogP contribution is 2.04.